The van der Waals surface area contributed by atoms with Crippen LogP contribution in [0.3, 0.4) is 0 Å². The molecule has 1 saturated carbocycles. The van der Waals surface area contributed by atoms with Gasteiger partial charge in [0.2, 0.25) is 5.91 Å². The van der Waals surface area contributed by atoms with Crippen molar-refractivity contribution in [1.82, 2.24) is 5.32 Å². The number of amides is 1. The van der Waals surface area contributed by atoms with Crippen LogP contribution in [0.25, 0.3) is 0 Å². The average molecular weight is 212 g/mol. The molecule has 1 rings (SSSR count). The van der Waals surface area contributed by atoms with Crippen molar-refractivity contribution in [3.05, 3.63) is 0 Å². The van der Waals surface area contributed by atoms with Gasteiger partial charge in [-0.3, -0.25) is 4.79 Å². The van der Waals surface area contributed by atoms with Crippen molar-refractivity contribution < 1.29 is 4.79 Å². The van der Waals surface area contributed by atoms with Crippen LogP contribution in [0, 0.1) is 5.92 Å². The number of rotatable bonds is 4. The van der Waals surface area contributed by atoms with Crippen molar-refractivity contribution in [2.75, 3.05) is 0 Å². The van der Waals surface area contributed by atoms with Gasteiger partial charge in [0.15, 0.2) is 0 Å². The summed E-state index contributed by atoms with van der Waals surface area (Å²) in [4.78, 5) is 11.5. The summed E-state index contributed by atoms with van der Waals surface area (Å²) < 4.78 is 0. The Balaban J connectivity index is 2.15. The van der Waals surface area contributed by atoms with Crippen molar-refractivity contribution in [2.45, 2.75) is 64.5 Å². The molecule has 1 unspecified atom stereocenters. The van der Waals surface area contributed by atoms with Crippen LogP contribution in [0.1, 0.15) is 52.4 Å². The third-order valence-electron chi connectivity index (χ3n) is 3.21. The molecule has 0 spiro atoms. The summed E-state index contributed by atoms with van der Waals surface area (Å²) in [7, 11) is 0. The Morgan fingerprint density at radius 3 is 2.53 bits per heavy atom. The molecule has 1 fully saturated rings. The Kier molecular flexibility index (Phi) is 5.09. The van der Waals surface area contributed by atoms with Crippen LogP contribution in [0.4, 0.5) is 0 Å². The van der Waals surface area contributed by atoms with Crippen LogP contribution < -0.4 is 11.1 Å². The summed E-state index contributed by atoms with van der Waals surface area (Å²) in [6, 6.07) is 0.545. The van der Waals surface area contributed by atoms with Crippen LogP contribution >= 0.6 is 0 Å². The van der Waals surface area contributed by atoms with E-state index in [1.54, 1.807) is 0 Å². The monoisotopic (exact) mass is 212 g/mol. The van der Waals surface area contributed by atoms with Gasteiger partial charge >= 0.3 is 0 Å². The van der Waals surface area contributed by atoms with Gasteiger partial charge in [0.05, 0.1) is 0 Å². The predicted molar refractivity (Wildman–Crippen MR) is 62.4 cm³/mol. The molecule has 15 heavy (non-hydrogen) atoms. The maximum absolute atomic E-state index is 11.5. The second-order valence-corrected chi connectivity index (χ2v) is 5.04. The van der Waals surface area contributed by atoms with Crippen LogP contribution in [-0.2, 0) is 4.79 Å². The van der Waals surface area contributed by atoms with Crippen LogP contribution in [-0.4, -0.2) is 18.0 Å². The molecular weight excluding hydrogens is 188 g/mol. The first kappa shape index (κ1) is 12.5. The summed E-state index contributed by atoms with van der Waals surface area (Å²) in [5, 5.41) is 3.10. The smallest absolute Gasteiger partial charge is 0.220 e. The molecule has 1 aliphatic carbocycles. The van der Waals surface area contributed by atoms with Crippen LogP contribution in [0.15, 0.2) is 0 Å². The second-order valence-electron chi connectivity index (χ2n) is 5.04. The number of hydrogen-bond acceptors (Lipinski definition) is 2. The van der Waals surface area contributed by atoms with E-state index in [2.05, 4.69) is 12.2 Å². The maximum Gasteiger partial charge on any atom is 0.220 e. The maximum atomic E-state index is 11.5. The molecule has 0 aromatic heterocycles. The van der Waals surface area contributed by atoms with E-state index in [-0.39, 0.29) is 11.9 Å². The fourth-order valence-electron chi connectivity index (χ4n) is 2.06. The lowest BCUT2D eigenvalue weighted by atomic mass is 9.87. The molecule has 0 heterocycles. The molecule has 0 aromatic carbocycles. The largest absolute Gasteiger partial charge is 0.353 e. The first-order valence-corrected chi connectivity index (χ1v) is 6.13. The fourth-order valence-corrected chi connectivity index (χ4v) is 2.06. The van der Waals surface area contributed by atoms with E-state index >= 15 is 0 Å². The van der Waals surface area contributed by atoms with E-state index in [1.165, 1.54) is 12.8 Å². The lowest BCUT2D eigenvalue weighted by Gasteiger charge is -2.27. The number of hydrogen-bond donors (Lipinski definition) is 2. The van der Waals surface area contributed by atoms with Gasteiger partial charge in [-0.2, -0.15) is 0 Å². The molecule has 1 amide bonds. The summed E-state index contributed by atoms with van der Waals surface area (Å²) in [5.74, 6) is 1.01. The van der Waals surface area contributed by atoms with E-state index in [0.717, 1.165) is 25.2 Å². The highest BCUT2D eigenvalue weighted by Crippen LogP contribution is 2.23. The van der Waals surface area contributed by atoms with Gasteiger partial charge in [-0.25, -0.2) is 0 Å². The number of nitrogens with two attached hydrogens (primary N) is 1. The minimum absolute atomic E-state index is 0.127. The Morgan fingerprint density at radius 1 is 1.40 bits per heavy atom. The Labute approximate surface area is 92.8 Å². The van der Waals surface area contributed by atoms with E-state index in [4.69, 9.17) is 5.73 Å². The van der Waals surface area contributed by atoms with Crippen LogP contribution in [0.2, 0.25) is 0 Å². The Hall–Kier alpha value is -0.570. The minimum Gasteiger partial charge on any atom is -0.353 e. The average Bonchev–Trinajstić information content (AvgIpc) is 2.19. The zero-order valence-electron chi connectivity index (χ0n) is 9.96. The Bertz CT molecular complexity index is 196. The van der Waals surface area contributed by atoms with Crippen molar-refractivity contribution in [3.63, 3.8) is 0 Å². The summed E-state index contributed by atoms with van der Waals surface area (Å²) >= 11 is 0. The van der Waals surface area contributed by atoms with E-state index in [1.807, 2.05) is 6.92 Å². The standard InChI is InChI=1S/C12H24N2O/c1-9-3-6-11(7-4-9)14-12(15)8-5-10(2)13/h9-11H,3-8,13H2,1-2H3,(H,14,15). The topological polar surface area (TPSA) is 55.1 Å². The predicted octanol–water partition coefficient (Wildman–Crippen LogP) is 1.81. The van der Waals surface area contributed by atoms with E-state index in [0.29, 0.717) is 12.5 Å². The molecule has 0 aliphatic heterocycles. The van der Waals surface area contributed by atoms with Crippen molar-refractivity contribution in [1.29, 1.82) is 0 Å². The molecule has 3 nitrogen and oxygen atoms in total. The van der Waals surface area contributed by atoms with Gasteiger partial charge in [0, 0.05) is 18.5 Å². The summed E-state index contributed by atoms with van der Waals surface area (Å²) in [6.45, 7) is 4.23. The van der Waals surface area contributed by atoms with Crippen molar-refractivity contribution in [2.24, 2.45) is 11.7 Å². The van der Waals surface area contributed by atoms with E-state index < -0.39 is 0 Å². The molecule has 3 heteroatoms. The first-order chi connectivity index (χ1) is 7.08. The summed E-state index contributed by atoms with van der Waals surface area (Å²) in [5.41, 5.74) is 5.61. The molecule has 1 atom stereocenters. The molecule has 3 N–H and O–H groups in total. The SMILES string of the molecule is CC(N)CCC(=O)NC1CCC(C)CC1. The second kappa shape index (κ2) is 6.11. The zero-order valence-corrected chi connectivity index (χ0v) is 9.96. The van der Waals surface area contributed by atoms with Gasteiger partial charge in [0.25, 0.3) is 0 Å². The van der Waals surface area contributed by atoms with E-state index in [9.17, 15) is 4.79 Å². The lowest BCUT2D eigenvalue weighted by Crippen LogP contribution is -2.37. The highest BCUT2D eigenvalue weighted by molar-refractivity contribution is 5.76. The van der Waals surface area contributed by atoms with Gasteiger partial charge in [-0.15, -0.1) is 0 Å². The Morgan fingerprint density at radius 2 is 2.00 bits per heavy atom. The molecule has 0 aromatic rings. The summed E-state index contributed by atoms with van der Waals surface area (Å²) in [6.07, 6.45) is 6.14. The molecule has 0 bridgehead atoms. The lowest BCUT2D eigenvalue weighted by molar-refractivity contribution is -0.122. The first-order valence-electron chi connectivity index (χ1n) is 6.13. The minimum atomic E-state index is 0.127. The van der Waals surface area contributed by atoms with Gasteiger partial charge in [-0.1, -0.05) is 6.92 Å². The third kappa shape index (κ3) is 5.17. The van der Waals surface area contributed by atoms with Gasteiger partial charge < -0.3 is 11.1 Å². The van der Waals surface area contributed by atoms with Crippen molar-refractivity contribution >= 4 is 5.91 Å². The third-order valence-corrected chi connectivity index (χ3v) is 3.21. The van der Waals surface area contributed by atoms with Crippen LogP contribution in [0.5, 0.6) is 0 Å². The molecule has 0 radical (unpaired) electrons. The van der Waals surface area contributed by atoms with Crippen molar-refractivity contribution in [3.8, 4) is 0 Å². The number of carbonyl (C=O) groups is 1. The molecule has 1 aliphatic rings. The molecular formula is C12H24N2O. The fraction of sp³-hybridized carbons (Fsp3) is 0.917. The highest BCUT2D eigenvalue weighted by atomic mass is 16.1. The number of carbonyl (C=O) groups excluding carboxylic acids is 1. The number of nitrogens with one attached hydrogen (secondary N) is 1. The highest BCUT2D eigenvalue weighted by Gasteiger charge is 2.19. The van der Waals surface area contributed by atoms with Gasteiger partial charge in [0.1, 0.15) is 0 Å². The quantitative estimate of drug-likeness (QED) is 0.746. The normalized spacial score (nSPS) is 28.5. The zero-order chi connectivity index (χ0) is 11.3. The van der Waals surface area contributed by atoms with Gasteiger partial charge in [-0.05, 0) is 44.9 Å². The molecule has 88 valence electrons. The molecule has 0 saturated heterocycles.